The topological polar surface area (TPSA) is 47.4 Å². The molecular formula is C13H11N3OS. The molecule has 2 heterocycles. The first-order chi connectivity index (χ1) is 8.92. The number of aromatic nitrogens is 2. The van der Waals surface area contributed by atoms with Crippen molar-refractivity contribution in [1.82, 2.24) is 9.59 Å². The minimum atomic E-state index is 0.572. The summed E-state index contributed by atoms with van der Waals surface area (Å²) in [7, 11) is 0. The zero-order chi connectivity index (χ0) is 11.9. The Labute approximate surface area is 108 Å². The Morgan fingerprint density at radius 1 is 1.22 bits per heavy atom. The predicted octanol–water partition coefficient (Wildman–Crippen LogP) is 3.02. The fourth-order valence-electron chi connectivity index (χ4n) is 2.12. The summed E-state index contributed by atoms with van der Waals surface area (Å²) in [6.45, 7) is 0.580. The van der Waals surface area contributed by atoms with Gasteiger partial charge in [0.05, 0.1) is 11.4 Å². The summed E-state index contributed by atoms with van der Waals surface area (Å²) in [5.74, 6) is 1.26. The molecule has 1 aliphatic carbocycles. The second-order valence-corrected chi connectivity index (χ2v) is 5.35. The summed E-state index contributed by atoms with van der Waals surface area (Å²) < 4.78 is 9.79. The van der Waals surface area contributed by atoms with E-state index in [0.29, 0.717) is 18.4 Å². The molecule has 0 saturated heterocycles. The highest BCUT2D eigenvalue weighted by atomic mass is 32.1. The number of fused-ring (bicyclic) bond motifs is 1. The van der Waals surface area contributed by atoms with Crippen molar-refractivity contribution < 1.29 is 4.74 Å². The van der Waals surface area contributed by atoms with Crippen LogP contribution in [0.5, 0.6) is 0 Å². The van der Waals surface area contributed by atoms with Gasteiger partial charge in [0, 0.05) is 11.5 Å². The fourth-order valence-corrected chi connectivity index (χ4v) is 2.81. The summed E-state index contributed by atoms with van der Waals surface area (Å²) in [4.78, 5) is 5.59. The molecule has 2 aliphatic rings. The van der Waals surface area contributed by atoms with Gasteiger partial charge in [0.2, 0.25) is 5.90 Å². The average Bonchev–Trinajstić information content (AvgIpc) is 3.16. The second-order valence-electron chi connectivity index (χ2n) is 4.60. The molecule has 1 fully saturated rings. The van der Waals surface area contributed by atoms with Crippen LogP contribution in [0, 0.1) is 0 Å². The monoisotopic (exact) mass is 257 g/mol. The van der Waals surface area contributed by atoms with Crippen LogP contribution in [0.1, 0.15) is 34.9 Å². The standard InChI is InChI=1S/C13H11N3OS/c1-2-4-10-9(3-1)7-17-13(14-10)12-11(8-5-6-8)15-16-18-12/h1-4,8H,5-7H2. The Hall–Kier alpha value is -1.75. The van der Waals surface area contributed by atoms with Crippen molar-refractivity contribution >= 4 is 23.1 Å². The van der Waals surface area contributed by atoms with Gasteiger partial charge in [-0.1, -0.05) is 22.7 Å². The number of aliphatic imine (C=N–C) groups is 1. The van der Waals surface area contributed by atoms with E-state index in [1.165, 1.54) is 24.4 Å². The molecule has 18 heavy (non-hydrogen) atoms. The number of ether oxygens (including phenoxy) is 1. The van der Waals surface area contributed by atoms with Gasteiger partial charge >= 0.3 is 0 Å². The maximum Gasteiger partial charge on any atom is 0.235 e. The fraction of sp³-hybridized carbons (Fsp3) is 0.308. The van der Waals surface area contributed by atoms with E-state index in [0.717, 1.165) is 21.8 Å². The summed E-state index contributed by atoms with van der Waals surface area (Å²) in [6.07, 6.45) is 2.42. The average molecular weight is 257 g/mol. The quantitative estimate of drug-likeness (QED) is 0.830. The van der Waals surface area contributed by atoms with E-state index in [4.69, 9.17) is 4.74 Å². The third kappa shape index (κ3) is 1.62. The zero-order valence-corrected chi connectivity index (χ0v) is 10.5. The van der Waals surface area contributed by atoms with Gasteiger partial charge in [0.15, 0.2) is 0 Å². The van der Waals surface area contributed by atoms with Crippen LogP contribution in [0.25, 0.3) is 0 Å². The third-order valence-corrected chi connectivity index (χ3v) is 3.98. The van der Waals surface area contributed by atoms with Crippen LogP contribution in [0.2, 0.25) is 0 Å². The number of para-hydroxylation sites is 1. The van der Waals surface area contributed by atoms with E-state index in [2.05, 4.69) is 14.6 Å². The Morgan fingerprint density at radius 3 is 3.00 bits per heavy atom. The van der Waals surface area contributed by atoms with Crippen LogP contribution < -0.4 is 0 Å². The van der Waals surface area contributed by atoms with Crippen molar-refractivity contribution in [2.24, 2.45) is 4.99 Å². The lowest BCUT2D eigenvalue weighted by Crippen LogP contribution is -2.11. The zero-order valence-electron chi connectivity index (χ0n) is 9.67. The number of hydrogen-bond donors (Lipinski definition) is 0. The summed E-state index contributed by atoms with van der Waals surface area (Å²) in [6, 6.07) is 8.07. The Kier molecular flexibility index (Phi) is 2.20. The van der Waals surface area contributed by atoms with Crippen molar-refractivity contribution in [2.45, 2.75) is 25.4 Å². The van der Waals surface area contributed by atoms with Crippen LogP contribution >= 0.6 is 11.5 Å². The molecule has 90 valence electrons. The molecule has 0 amide bonds. The molecule has 4 rings (SSSR count). The summed E-state index contributed by atoms with van der Waals surface area (Å²) in [5.41, 5.74) is 3.19. The molecule has 0 unspecified atom stereocenters. The maximum atomic E-state index is 5.75. The van der Waals surface area contributed by atoms with Gasteiger partial charge in [-0.25, -0.2) is 4.99 Å². The number of benzene rings is 1. The molecule has 5 heteroatoms. The lowest BCUT2D eigenvalue weighted by molar-refractivity contribution is 0.289. The van der Waals surface area contributed by atoms with Crippen molar-refractivity contribution in [1.29, 1.82) is 0 Å². The van der Waals surface area contributed by atoms with E-state index in [-0.39, 0.29) is 0 Å². The van der Waals surface area contributed by atoms with Crippen molar-refractivity contribution in [2.75, 3.05) is 0 Å². The molecule has 0 radical (unpaired) electrons. The molecule has 0 bridgehead atoms. The molecule has 0 spiro atoms. The molecule has 1 aliphatic heterocycles. The lowest BCUT2D eigenvalue weighted by Gasteiger charge is -2.15. The van der Waals surface area contributed by atoms with Crippen LogP contribution in [0.4, 0.5) is 5.69 Å². The van der Waals surface area contributed by atoms with Crippen LogP contribution in [0.15, 0.2) is 29.3 Å². The van der Waals surface area contributed by atoms with Crippen LogP contribution in [-0.4, -0.2) is 15.5 Å². The van der Waals surface area contributed by atoms with Crippen LogP contribution in [-0.2, 0) is 11.3 Å². The van der Waals surface area contributed by atoms with Gasteiger partial charge in [-0.3, -0.25) is 0 Å². The summed E-state index contributed by atoms with van der Waals surface area (Å²) >= 11 is 1.38. The summed E-state index contributed by atoms with van der Waals surface area (Å²) in [5, 5.41) is 4.22. The highest BCUT2D eigenvalue weighted by molar-refractivity contribution is 7.08. The molecule has 2 aromatic rings. The molecule has 0 atom stereocenters. The van der Waals surface area contributed by atoms with Gasteiger partial charge in [0.1, 0.15) is 11.5 Å². The minimum absolute atomic E-state index is 0.572. The van der Waals surface area contributed by atoms with E-state index in [9.17, 15) is 0 Å². The first kappa shape index (κ1) is 10.2. The third-order valence-electron chi connectivity index (χ3n) is 3.25. The Morgan fingerprint density at radius 2 is 2.11 bits per heavy atom. The van der Waals surface area contributed by atoms with Crippen molar-refractivity contribution in [3.8, 4) is 0 Å². The SMILES string of the molecule is c1ccc2c(c1)COC(c1snnc1C1CC1)=N2. The van der Waals surface area contributed by atoms with Crippen LogP contribution in [0.3, 0.4) is 0 Å². The number of rotatable bonds is 2. The highest BCUT2D eigenvalue weighted by Gasteiger charge is 2.32. The highest BCUT2D eigenvalue weighted by Crippen LogP contribution is 2.42. The molecule has 1 aromatic heterocycles. The Balaban J connectivity index is 1.77. The molecule has 1 aromatic carbocycles. The molecule has 0 N–H and O–H groups in total. The molecular weight excluding hydrogens is 246 g/mol. The maximum absolute atomic E-state index is 5.75. The first-order valence-corrected chi connectivity index (χ1v) is 6.81. The van der Waals surface area contributed by atoms with E-state index < -0.39 is 0 Å². The van der Waals surface area contributed by atoms with E-state index >= 15 is 0 Å². The molecule has 1 saturated carbocycles. The van der Waals surface area contributed by atoms with E-state index in [1.807, 2.05) is 24.3 Å². The van der Waals surface area contributed by atoms with Crippen molar-refractivity contribution in [3.05, 3.63) is 40.4 Å². The number of nitrogens with zero attached hydrogens (tertiary/aromatic N) is 3. The van der Waals surface area contributed by atoms with Gasteiger partial charge in [0.25, 0.3) is 0 Å². The first-order valence-electron chi connectivity index (χ1n) is 6.04. The van der Waals surface area contributed by atoms with Gasteiger partial charge in [-0.05, 0) is 30.4 Å². The Bertz CT molecular complexity index is 631. The molecule has 4 nitrogen and oxygen atoms in total. The van der Waals surface area contributed by atoms with Crippen molar-refractivity contribution in [3.63, 3.8) is 0 Å². The lowest BCUT2D eigenvalue weighted by atomic mass is 10.1. The van der Waals surface area contributed by atoms with E-state index in [1.54, 1.807) is 0 Å². The largest absolute Gasteiger partial charge is 0.472 e. The predicted molar refractivity (Wildman–Crippen MR) is 69.3 cm³/mol. The second kappa shape index (κ2) is 3.88. The normalized spacial score (nSPS) is 17.9. The van der Waals surface area contributed by atoms with Gasteiger partial charge < -0.3 is 4.74 Å². The minimum Gasteiger partial charge on any atom is -0.472 e. The smallest absolute Gasteiger partial charge is 0.235 e. The van der Waals surface area contributed by atoms with Gasteiger partial charge in [-0.15, -0.1) is 5.10 Å². The van der Waals surface area contributed by atoms with Gasteiger partial charge in [-0.2, -0.15) is 0 Å². The number of hydrogen-bond acceptors (Lipinski definition) is 5.